The number of hydrogen-bond donors (Lipinski definition) is 0. The van der Waals surface area contributed by atoms with E-state index in [1.165, 1.54) is 0 Å². The molecule has 0 aliphatic carbocycles. The average molecular weight is 933 g/mol. The Morgan fingerprint density at radius 2 is 0.478 bits per heavy atom. The lowest BCUT2D eigenvalue weighted by Crippen LogP contribution is -2.33. The molecule has 8 heteroatoms. The maximum atomic E-state index is 7.79. The van der Waals surface area contributed by atoms with Gasteiger partial charge in [-0.3, -0.25) is 4.52 Å². The van der Waals surface area contributed by atoms with E-state index >= 15 is 0 Å². The molecule has 7 aromatic rings. The quantitative estimate of drug-likeness (QED) is 0.0754. The van der Waals surface area contributed by atoms with Crippen LogP contribution in [0.25, 0.3) is 0 Å². The molecule has 7 aromatic carbocycles. The third-order valence-electron chi connectivity index (χ3n) is 11.5. The van der Waals surface area contributed by atoms with Gasteiger partial charge in [-0.1, -0.05) is 235 Å². The Kier molecular flexibility index (Phi) is 14.9. The van der Waals surface area contributed by atoms with Crippen molar-refractivity contribution in [1.29, 1.82) is 0 Å². The second-order valence-corrected chi connectivity index (χ2v) is 22.9. The van der Waals surface area contributed by atoms with Crippen molar-refractivity contribution in [2.75, 3.05) is 0 Å². The molecule has 0 N–H and O–H groups in total. The van der Waals surface area contributed by atoms with Crippen molar-refractivity contribution in [2.24, 2.45) is 0 Å². The molecule has 6 nitrogen and oxygen atoms in total. The van der Waals surface area contributed by atoms with E-state index in [0.29, 0.717) is 34.3 Å². The van der Waals surface area contributed by atoms with E-state index in [1.807, 2.05) is 127 Å². The fraction of sp³-hybridized carbons (Fsp3) is 0.288. The largest absolute Gasteiger partial charge is 0.530 e. The zero-order valence-electron chi connectivity index (χ0n) is 41.2. The van der Waals surface area contributed by atoms with Crippen molar-refractivity contribution in [1.82, 2.24) is 0 Å². The van der Waals surface area contributed by atoms with Crippen LogP contribution in [0.2, 0.25) is 0 Å². The van der Waals surface area contributed by atoms with E-state index < -0.39 is 22.8 Å². The van der Waals surface area contributed by atoms with Crippen LogP contribution in [0.5, 0.6) is 28.7 Å². The Morgan fingerprint density at radius 1 is 0.254 bits per heavy atom. The first-order valence-electron chi connectivity index (χ1n) is 23.0. The highest BCUT2D eigenvalue weighted by Gasteiger charge is 2.46. The van der Waals surface area contributed by atoms with Crippen LogP contribution < -0.4 is 22.6 Å². The molecule has 0 aromatic heterocycles. The third-order valence-corrected chi connectivity index (χ3v) is 13.6. The van der Waals surface area contributed by atoms with E-state index in [0.717, 1.165) is 33.4 Å². The van der Waals surface area contributed by atoms with Gasteiger partial charge in [0, 0.05) is 27.8 Å². The molecule has 7 rings (SSSR count). The SMILES string of the molecule is CC(C)(C)c1ccccc1OP(Oc1ccccc1C(C)(C)C)Oc1ccccc1C(OP(Oc1ccccc1C(C)(C)C)Oc1ccccc1C(C)(C)C)(c1ccccc1)c1ccccc1. The summed E-state index contributed by atoms with van der Waals surface area (Å²) in [5, 5.41) is 0. The minimum Gasteiger partial charge on any atom is -0.417 e. The minimum absolute atomic E-state index is 0.225. The zero-order valence-corrected chi connectivity index (χ0v) is 43.0. The van der Waals surface area contributed by atoms with Gasteiger partial charge in [0.1, 0.15) is 28.7 Å². The predicted octanol–water partition coefficient (Wildman–Crippen LogP) is 17.3. The zero-order chi connectivity index (χ0) is 48.0. The Balaban J connectivity index is 1.46. The molecule has 348 valence electrons. The molecule has 0 spiro atoms. The molecule has 0 saturated carbocycles. The maximum Gasteiger partial charge on any atom is 0.530 e. The summed E-state index contributed by atoms with van der Waals surface area (Å²) >= 11 is 0. The topological polar surface area (TPSA) is 55.4 Å². The van der Waals surface area contributed by atoms with Crippen LogP contribution in [0, 0.1) is 0 Å². The number of hydrogen-bond acceptors (Lipinski definition) is 6. The van der Waals surface area contributed by atoms with Crippen LogP contribution in [0.3, 0.4) is 0 Å². The van der Waals surface area contributed by atoms with Crippen molar-refractivity contribution < 1.29 is 27.1 Å². The van der Waals surface area contributed by atoms with Crippen molar-refractivity contribution >= 4 is 17.2 Å². The van der Waals surface area contributed by atoms with E-state index in [-0.39, 0.29) is 21.7 Å². The van der Waals surface area contributed by atoms with Gasteiger partial charge in [-0.2, -0.15) is 0 Å². The summed E-state index contributed by atoms with van der Waals surface area (Å²) in [5.41, 5.74) is 4.18. The predicted molar refractivity (Wildman–Crippen MR) is 278 cm³/mol. The van der Waals surface area contributed by atoms with E-state index in [9.17, 15) is 0 Å². The summed E-state index contributed by atoms with van der Waals surface area (Å²) in [7, 11) is -4.42. The first-order valence-corrected chi connectivity index (χ1v) is 25.2. The normalized spacial score (nSPS) is 12.5. The molecule has 0 heterocycles. The van der Waals surface area contributed by atoms with E-state index in [2.05, 4.69) is 138 Å². The van der Waals surface area contributed by atoms with Gasteiger partial charge < -0.3 is 22.6 Å². The van der Waals surface area contributed by atoms with Crippen LogP contribution >= 0.6 is 17.2 Å². The highest BCUT2D eigenvalue weighted by Crippen LogP contribution is 2.58. The molecule has 0 unspecified atom stereocenters. The van der Waals surface area contributed by atoms with Crippen molar-refractivity contribution in [3.05, 3.63) is 221 Å². The summed E-state index contributed by atoms with van der Waals surface area (Å²) in [6.07, 6.45) is 0. The molecule has 0 bridgehead atoms. The van der Waals surface area contributed by atoms with Gasteiger partial charge >= 0.3 is 17.2 Å². The molecule has 0 fully saturated rings. The highest BCUT2D eigenvalue weighted by atomic mass is 31.2. The second-order valence-electron chi connectivity index (χ2n) is 20.9. The van der Waals surface area contributed by atoms with Crippen LogP contribution in [0.1, 0.15) is 122 Å². The molecule has 0 saturated heterocycles. The van der Waals surface area contributed by atoms with Crippen LogP contribution in [0.4, 0.5) is 0 Å². The minimum atomic E-state index is -2.26. The Bertz CT molecular complexity index is 2550. The molecule has 0 aliphatic rings. The molecule has 0 atom stereocenters. The lowest BCUT2D eigenvalue weighted by molar-refractivity contribution is 0.133. The average Bonchev–Trinajstić information content (AvgIpc) is 3.28. The van der Waals surface area contributed by atoms with Gasteiger partial charge in [-0.25, -0.2) is 0 Å². The highest BCUT2D eigenvalue weighted by molar-refractivity contribution is 7.43. The van der Waals surface area contributed by atoms with Gasteiger partial charge in [0.05, 0.1) is 0 Å². The molecule has 0 radical (unpaired) electrons. The first kappa shape index (κ1) is 49.3. The summed E-state index contributed by atoms with van der Waals surface area (Å²) in [6.45, 7) is 26.2. The summed E-state index contributed by atoms with van der Waals surface area (Å²) in [6, 6.07) is 60.9. The second kappa shape index (κ2) is 20.3. The lowest BCUT2D eigenvalue weighted by Gasteiger charge is -2.38. The molecular weight excluding hydrogens is 867 g/mol. The molecule has 0 aliphatic heterocycles. The Morgan fingerprint density at radius 3 is 0.761 bits per heavy atom. The van der Waals surface area contributed by atoms with Crippen molar-refractivity contribution in [3.8, 4) is 28.7 Å². The Hall–Kier alpha value is -5.64. The molecular formula is C59H66O6P2. The van der Waals surface area contributed by atoms with E-state index in [1.54, 1.807) is 0 Å². The van der Waals surface area contributed by atoms with Crippen molar-refractivity contribution in [3.63, 3.8) is 0 Å². The smallest absolute Gasteiger partial charge is 0.417 e. The number of rotatable bonds is 15. The fourth-order valence-electron chi connectivity index (χ4n) is 8.10. The third kappa shape index (κ3) is 11.7. The fourth-order valence-corrected chi connectivity index (χ4v) is 10.5. The van der Waals surface area contributed by atoms with Gasteiger partial charge in [0.2, 0.25) is 0 Å². The van der Waals surface area contributed by atoms with Crippen molar-refractivity contribution in [2.45, 2.75) is 110 Å². The van der Waals surface area contributed by atoms with Crippen LogP contribution in [-0.2, 0) is 31.8 Å². The maximum absolute atomic E-state index is 7.79. The summed E-state index contributed by atoms with van der Waals surface area (Å²) < 4.78 is 43.4. The summed E-state index contributed by atoms with van der Waals surface area (Å²) in [5.74, 6) is 3.22. The van der Waals surface area contributed by atoms with E-state index in [4.69, 9.17) is 27.1 Å². The van der Waals surface area contributed by atoms with Crippen LogP contribution in [0.15, 0.2) is 182 Å². The molecule has 67 heavy (non-hydrogen) atoms. The Labute approximate surface area is 402 Å². The summed E-state index contributed by atoms with van der Waals surface area (Å²) in [4.78, 5) is 0. The number of para-hydroxylation sites is 5. The standard InChI is InChI=1S/C59H66O6P2/c1-55(2,3)45-33-19-24-38-50(45)60-66(61-51-39-25-20-34-46(51)56(4,5)6)62-54-42-28-23-37-49(54)59(43-29-15-13-16-30-43,44-31-17-14-18-32-44)65-67(63-52-40-26-21-35-47(52)57(7,8)9)64-53-41-27-22-36-48(53)58(10,11)12/h13-42H,1-12H3. The van der Waals surface area contributed by atoms with Gasteiger partial charge in [0.25, 0.3) is 0 Å². The number of benzene rings is 7. The molecule has 0 amide bonds. The first-order chi connectivity index (χ1) is 31.7. The monoisotopic (exact) mass is 932 g/mol. The van der Waals surface area contributed by atoms with Gasteiger partial charge in [0.15, 0.2) is 5.60 Å². The van der Waals surface area contributed by atoms with Crippen LogP contribution in [-0.4, -0.2) is 0 Å². The lowest BCUT2D eigenvalue weighted by atomic mass is 9.80. The van der Waals surface area contributed by atoms with Gasteiger partial charge in [-0.15, -0.1) is 0 Å². The van der Waals surface area contributed by atoms with Gasteiger partial charge in [-0.05, 0) is 63.1 Å².